The average molecular weight is 387 g/mol. The van der Waals surface area contributed by atoms with E-state index in [-0.39, 0.29) is 5.63 Å². The Hall–Kier alpha value is -3.50. The Kier molecular flexibility index (Phi) is 3.92. The fraction of sp³-hybridized carbons (Fsp3) is 0. The maximum atomic E-state index is 12.9. The minimum Gasteiger partial charge on any atom is -0.422 e. The Labute approximate surface area is 165 Å². The smallest absolute Gasteiger partial charge is 0.347 e. The average Bonchev–Trinajstić information content (AvgIpc) is 3.11. The second-order valence-electron chi connectivity index (χ2n) is 6.51. The van der Waals surface area contributed by atoms with Crippen LogP contribution in [0.1, 0.15) is 0 Å². The molecule has 0 unspecified atom stereocenters. The lowest BCUT2D eigenvalue weighted by Gasteiger charge is -2.08. The molecule has 0 amide bonds. The molecule has 0 saturated carbocycles. The van der Waals surface area contributed by atoms with Crippen LogP contribution >= 0.6 is 11.6 Å². The van der Waals surface area contributed by atoms with Gasteiger partial charge < -0.3 is 14.7 Å². The van der Waals surface area contributed by atoms with Gasteiger partial charge in [0.1, 0.15) is 11.0 Å². The van der Waals surface area contributed by atoms with E-state index < -0.39 is 0 Å². The summed E-state index contributed by atoms with van der Waals surface area (Å²) in [6, 6.07) is 24.8. The number of halogens is 1. The number of para-hydroxylation sites is 1. The number of rotatable bonds is 3. The van der Waals surface area contributed by atoms with Crippen molar-refractivity contribution in [3.63, 3.8) is 0 Å². The Balaban J connectivity index is 1.83. The third-order valence-electron chi connectivity index (χ3n) is 4.74. The number of aromatic amines is 1. The quantitative estimate of drug-likeness (QED) is 0.356. The molecule has 5 aromatic rings. The van der Waals surface area contributed by atoms with E-state index in [1.807, 2.05) is 60.7 Å². The topological polar surface area (TPSA) is 58.0 Å². The molecule has 0 saturated heterocycles. The maximum Gasteiger partial charge on any atom is 0.347 e. The van der Waals surface area contributed by atoms with Crippen LogP contribution in [0.25, 0.3) is 33.1 Å². The summed E-state index contributed by atoms with van der Waals surface area (Å²) in [5.41, 5.74) is 4.23. The van der Waals surface area contributed by atoms with Gasteiger partial charge in [0.05, 0.1) is 16.9 Å². The van der Waals surface area contributed by atoms with Gasteiger partial charge in [-0.15, -0.1) is 0 Å². The molecule has 2 heterocycles. The minimum atomic E-state index is -0.386. The molecule has 0 aliphatic heterocycles. The molecule has 0 aliphatic rings. The first-order valence-corrected chi connectivity index (χ1v) is 9.24. The van der Waals surface area contributed by atoms with Crippen LogP contribution in [0, 0.1) is 0 Å². The lowest BCUT2D eigenvalue weighted by atomic mass is 10.1. The van der Waals surface area contributed by atoms with Gasteiger partial charge in [0.2, 0.25) is 0 Å². The number of hydrogen-bond acceptors (Lipinski definition) is 3. The van der Waals surface area contributed by atoms with Crippen LogP contribution in [0.5, 0.6) is 0 Å². The molecular weight excluding hydrogens is 372 g/mol. The largest absolute Gasteiger partial charge is 0.422 e. The van der Waals surface area contributed by atoms with Crippen molar-refractivity contribution in [1.29, 1.82) is 0 Å². The van der Waals surface area contributed by atoms with Gasteiger partial charge >= 0.3 is 5.63 Å². The lowest BCUT2D eigenvalue weighted by molar-refractivity contribution is 0.570. The van der Waals surface area contributed by atoms with Gasteiger partial charge in [0, 0.05) is 21.7 Å². The molecule has 0 radical (unpaired) electrons. The summed E-state index contributed by atoms with van der Waals surface area (Å²) in [6.45, 7) is 0. The maximum absolute atomic E-state index is 12.9. The first kappa shape index (κ1) is 16.7. The highest BCUT2D eigenvalue weighted by Crippen LogP contribution is 2.38. The number of H-pyrrole nitrogens is 1. The summed E-state index contributed by atoms with van der Waals surface area (Å²) in [4.78, 5) is 16.3. The molecule has 0 atom stereocenters. The molecule has 0 aliphatic carbocycles. The van der Waals surface area contributed by atoms with Crippen LogP contribution in [0.3, 0.4) is 0 Å². The number of anilines is 2. The molecule has 2 aromatic heterocycles. The monoisotopic (exact) mass is 386 g/mol. The van der Waals surface area contributed by atoms with Crippen molar-refractivity contribution >= 4 is 44.8 Å². The predicted molar refractivity (Wildman–Crippen MR) is 115 cm³/mol. The fourth-order valence-electron chi connectivity index (χ4n) is 3.44. The van der Waals surface area contributed by atoms with Crippen LogP contribution < -0.4 is 10.9 Å². The molecule has 0 bridgehead atoms. The Morgan fingerprint density at radius 3 is 2.36 bits per heavy atom. The van der Waals surface area contributed by atoms with Gasteiger partial charge in [-0.1, -0.05) is 54.1 Å². The van der Waals surface area contributed by atoms with Crippen LogP contribution in [0.15, 0.2) is 88.1 Å². The zero-order valence-electron chi connectivity index (χ0n) is 14.7. The number of nitrogens with one attached hydrogen (secondary N) is 2. The van der Waals surface area contributed by atoms with Crippen LogP contribution in [0.2, 0.25) is 5.02 Å². The lowest BCUT2D eigenvalue weighted by Crippen LogP contribution is -2.01. The van der Waals surface area contributed by atoms with Gasteiger partial charge in [-0.25, -0.2) is 4.79 Å². The Bertz CT molecular complexity index is 1350. The van der Waals surface area contributed by atoms with Crippen molar-refractivity contribution in [1.82, 2.24) is 4.98 Å². The third kappa shape index (κ3) is 2.75. The molecule has 136 valence electrons. The second-order valence-corrected chi connectivity index (χ2v) is 6.95. The van der Waals surface area contributed by atoms with Crippen LogP contribution in [0.4, 0.5) is 11.4 Å². The number of benzene rings is 3. The molecule has 0 spiro atoms. The summed E-state index contributed by atoms with van der Waals surface area (Å²) >= 11 is 6.01. The first-order valence-electron chi connectivity index (χ1n) is 8.86. The van der Waals surface area contributed by atoms with Crippen molar-refractivity contribution in [3.05, 3.63) is 94.3 Å². The SMILES string of the molecule is O=c1oc2ccccc2c2[nH]c(-c3ccccc3)c(Nc3ccc(Cl)cc3)c12. The predicted octanol–water partition coefficient (Wildman–Crippen LogP) is 6.34. The van der Waals surface area contributed by atoms with E-state index in [2.05, 4.69) is 10.3 Å². The highest BCUT2D eigenvalue weighted by atomic mass is 35.5. The molecule has 5 rings (SSSR count). The zero-order chi connectivity index (χ0) is 19.1. The Morgan fingerprint density at radius 1 is 0.857 bits per heavy atom. The number of aromatic nitrogens is 1. The number of fused-ring (bicyclic) bond motifs is 3. The highest BCUT2D eigenvalue weighted by Gasteiger charge is 2.19. The van der Waals surface area contributed by atoms with E-state index in [0.717, 1.165) is 27.8 Å². The molecule has 0 fully saturated rings. The van der Waals surface area contributed by atoms with Crippen molar-refractivity contribution in [2.24, 2.45) is 0 Å². The second kappa shape index (κ2) is 6.59. The standard InChI is InChI=1S/C23H15ClN2O2/c24-15-10-12-16(13-11-15)25-22-19-21(26-20(22)14-6-2-1-3-7-14)17-8-4-5-9-18(17)28-23(19)27/h1-13,25-26H. The van der Waals surface area contributed by atoms with Crippen molar-refractivity contribution in [3.8, 4) is 11.3 Å². The molecular formula is C23H15ClN2O2. The Morgan fingerprint density at radius 2 is 1.57 bits per heavy atom. The van der Waals surface area contributed by atoms with E-state index in [0.29, 0.717) is 21.7 Å². The molecule has 4 nitrogen and oxygen atoms in total. The zero-order valence-corrected chi connectivity index (χ0v) is 15.5. The van der Waals surface area contributed by atoms with Gasteiger partial charge in [-0.2, -0.15) is 0 Å². The summed E-state index contributed by atoms with van der Waals surface area (Å²) in [7, 11) is 0. The first-order chi connectivity index (χ1) is 13.7. The third-order valence-corrected chi connectivity index (χ3v) is 4.99. The van der Waals surface area contributed by atoms with E-state index in [4.69, 9.17) is 16.0 Å². The molecule has 3 aromatic carbocycles. The van der Waals surface area contributed by atoms with E-state index in [1.165, 1.54) is 0 Å². The summed E-state index contributed by atoms with van der Waals surface area (Å²) in [6.07, 6.45) is 0. The molecule has 5 heteroatoms. The minimum absolute atomic E-state index is 0.386. The summed E-state index contributed by atoms with van der Waals surface area (Å²) in [5.74, 6) is 0. The van der Waals surface area contributed by atoms with Crippen molar-refractivity contribution in [2.75, 3.05) is 5.32 Å². The van der Waals surface area contributed by atoms with E-state index in [1.54, 1.807) is 18.2 Å². The fourth-order valence-corrected chi connectivity index (χ4v) is 3.57. The normalized spacial score (nSPS) is 11.2. The highest BCUT2D eigenvalue weighted by molar-refractivity contribution is 6.30. The van der Waals surface area contributed by atoms with Crippen molar-refractivity contribution in [2.45, 2.75) is 0 Å². The molecule has 28 heavy (non-hydrogen) atoms. The number of hydrogen-bond donors (Lipinski definition) is 2. The van der Waals surface area contributed by atoms with Gasteiger partial charge in [0.25, 0.3) is 0 Å². The van der Waals surface area contributed by atoms with Gasteiger partial charge in [0.15, 0.2) is 0 Å². The van der Waals surface area contributed by atoms with Crippen LogP contribution in [-0.4, -0.2) is 4.98 Å². The van der Waals surface area contributed by atoms with E-state index >= 15 is 0 Å². The summed E-state index contributed by atoms with van der Waals surface area (Å²) in [5, 5.41) is 5.38. The van der Waals surface area contributed by atoms with Crippen LogP contribution in [-0.2, 0) is 0 Å². The van der Waals surface area contributed by atoms with E-state index in [9.17, 15) is 4.79 Å². The van der Waals surface area contributed by atoms with Gasteiger partial charge in [-0.05, 0) is 36.4 Å². The summed E-state index contributed by atoms with van der Waals surface area (Å²) < 4.78 is 5.58. The van der Waals surface area contributed by atoms with Crippen molar-refractivity contribution < 1.29 is 4.42 Å². The van der Waals surface area contributed by atoms with Gasteiger partial charge in [-0.3, -0.25) is 0 Å². The molecule has 2 N–H and O–H groups in total.